The Morgan fingerprint density at radius 2 is 2.00 bits per heavy atom. The SMILES string of the molecule is CSNc1ncc(Oc2ccc(F)cc2F)c(-c2cc(C)c(=O)n(C)c2)n1. The number of nitrogens with zero attached hydrogens (tertiary/aromatic N) is 3. The summed E-state index contributed by atoms with van der Waals surface area (Å²) < 4.78 is 37.1. The van der Waals surface area contributed by atoms with Crippen molar-refractivity contribution in [1.82, 2.24) is 14.5 Å². The molecule has 0 saturated heterocycles. The molecule has 140 valence electrons. The van der Waals surface area contributed by atoms with E-state index >= 15 is 0 Å². The Morgan fingerprint density at radius 1 is 1.22 bits per heavy atom. The van der Waals surface area contributed by atoms with E-state index in [4.69, 9.17) is 4.74 Å². The van der Waals surface area contributed by atoms with Crippen molar-refractivity contribution in [2.45, 2.75) is 6.92 Å². The van der Waals surface area contributed by atoms with Crippen LogP contribution in [0, 0.1) is 18.6 Å². The van der Waals surface area contributed by atoms with Crippen LogP contribution in [0.1, 0.15) is 5.56 Å². The van der Waals surface area contributed by atoms with Crippen molar-refractivity contribution < 1.29 is 13.5 Å². The van der Waals surface area contributed by atoms with E-state index in [9.17, 15) is 13.6 Å². The molecular formula is C18H16F2N4O2S. The number of anilines is 1. The summed E-state index contributed by atoms with van der Waals surface area (Å²) >= 11 is 1.31. The molecule has 0 unspecified atom stereocenters. The monoisotopic (exact) mass is 390 g/mol. The summed E-state index contributed by atoms with van der Waals surface area (Å²) in [5.41, 5.74) is 1.34. The number of rotatable bonds is 5. The van der Waals surface area contributed by atoms with E-state index in [0.29, 0.717) is 22.8 Å². The van der Waals surface area contributed by atoms with Gasteiger partial charge in [0.25, 0.3) is 5.56 Å². The van der Waals surface area contributed by atoms with Gasteiger partial charge in [-0.25, -0.2) is 18.7 Å². The van der Waals surface area contributed by atoms with Gasteiger partial charge in [0.05, 0.1) is 6.20 Å². The zero-order valence-corrected chi connectivity index (χ0v) is 15.6. The number of aryl methyl sites for hydroxylation is 2. The van der Waals surface area contributed by atoms with Gasteiger partial charge in [-0.05, 0) is 25.1 Å². The fourth-order valence-corrected chi connectivity index (χ4v) is 2.76. The molecule has 1 N–H and O–H groups in total. The van der Waals surface area contributed by atoms with Crippen molar-refractivity contribution in [3.63, 3.8) is 0 Å². The molecule has 3 aromatic rings. The predicted octanol–water partition coefficient (Wildman–Crippen LogP) is 3.91. The number of hydrogen-bond donors (Lipinski definition) is 1. The average Bonchev–Trinajstić information content (AvgIpc) is 2.63. The van der Waals surface area contributed by atoms with Crippen LogP contribution in [0.15, 0.2) is 41.5 Å². The van der Waals surface area contributed by atoms with Crippen LogP contribution < -0.4 is 15.0 Å². The van der Waals surface area contributed by atoms with Gasteiger partial charge in [-0.2, -0.15) is 0 Å². The topological polar surface area (TPSA) is 69.0 Å². The summed E-state index contributed by atoms with van der Waals surface area (Å²) in [6, 6.07) is 4.69. The van der Waals surface area contributed by atoms with Crippen LogP contribution in [0.3, 0.4) is 0 Å². The van der Waals surface area contributed by atoms with Crippen LogP contribution in [-0.2, 0) is 7.05 Å². The summed E-state index contributed by atoms with van der Waals surface area (Å²) in [7, 11) is 1.63. The Balaban J connectivity index is 2.12. The Labute approximate surface area is 158 Å². The first kappa shape index (κ1) is 18.8. The van der Waals surface area contributed by atoms with Crippen molar-refractivity contribution in [2.24, 2.45) is 7.05 Å². The van der Waals surface area contributed by atoms with Gasteiger partial charge in [0.2, 0.25) is 5.95 Å². The van der Waals surface area contributed by atoms with Gasteiger partial charge < -0.3 is 9.30 Å². The molecule has 0 saturated carbocycles. The number of pyridine rings is 1. The van der Waals surface area contributed by atoms with Gasteiger partial charge in [-0.1, -0.05) is 11.9 Å². The summed E-state index contributed by atoms with van der Waals surface area (Å²) in [6.07, 6.45) is 4.82. The molecule has 0 bridgehead atoms. The molecule has 0 radical (unpaired) electrons. The first-order chi connectivity index (χ1) is 12.9. The van der Waals surface area contributed by atoms with Crippen LogP contribution in [-0.4, -0.2) is 20.8 Å². The van der Waals surface area contributed by atoms with Gasteiger partial charge in [0, 0.05) is 36.7 Å². The zero-order valence-electron chi connectivity index (χ0n) is 14.8. The van der Waals surface area contributed by atoms with Crippen molar-refractivity contribution in [2.75, 3.05) is 11.0 Å². The van der Waals surface area contributed by atoms with Crippen LogP contribution in [0.25, 0.3) is 11.3 Å². The summed E-state index contributed by atoms with van der Waals surface area (Å²) in [6.45, 7) is 1.69. The lowest BCUT2D eigenvalue weighted by molar-refractivity contribution is 0.436. The average molecular weight is 390 g/mol. The predicted molar refractivity (Wildman–Crippen MR) is 101 cm³/mol. The van der Waals surface area contributed by atoms with E-state index in [1.807, 2.05) is 6.26 Å². The smallest absolute Gasteiger partial charge is 0.253 e. The van der Waals surface area contributed by atoms with Gasteiger partial charge in [-0.3, -0.25) is 9.52 Å². The largest absolute Gasteiger partial charge is 0.450 e. The molecule has 0 aliphatic carbocycles. The molecule has 6 nitrogen and oxygen atoms in total. The summed E-state index contributed by atoms with van der Waals surface area (Å²) in [5, 5.41) is 0. The molecular weight excluding hydrogens is 374 g/mol. The van der Waals surface area contributed by atoms with Crippen LogP contribution in [0.4, 0.5) is 14.7 Å². The molecule has 1 aromatic carbocycles. The highest BCUT2D eigenvalue weighted by Crippen LogP contribution is 2.33. The lowest BCUT2D eigenvalue weighted by Crippen LogP contribution is -2.18. The Kier molecular flexibility index (Phi) is 5.41. The molecule has 3 rings (SSSR count). The van der Waals surface area contributed by atoms with E-state index in [-0.39, 0.29) is 17.1 Å². The number of ether oxygens (including phenoxy) is 1. The van der Waals surface area contributed by atoms with E-state index in [2.05, 4.69) is 14.7 Å². The summed E-state index contributed by atoms with van der Waals surface area (Å²) in [4.78, 5) is 20.5. The van der Waals surface area contributed by atoms with E-state index in [1.54, 1.807) is 26.2 Å². The minimum absolute atomic E-state index is 0.137. The molecule has 0 atom stereocenters. The molecule has 0 amide bonds. The molecule has 2 heterocycles. The van der Waals surface area contributed by atoms with Gasteiger partial charge in [-0.15, -0.1) is 0 Å². The second kappa shape index (κ2) is 7.75. The number of halogens is 2. The normalized spacial score (nSPS) is 10.7. The highest BCUT2D eigenvalue weighted by Gasteiger charge is 2.16. The van der Waals surface area contributed by atoms with Crippen LogP contribution >= 0.6 is 11.9 Å². The standard InChI is InChI=1S/C18H16F2N4O2S/c1-10-6-11(9-24(2)17(10)25)16-15(8-21-18(22-16)23-27-3)26-14-5-4-12(19)7-13(14)20/h4-9H,1-3H3,(H,21,22,23). The Morgan fingerprint density at radius 3 is 2.67 bits per heavy atom. The molecule has 0 fully saturated rings. The van der Waals surface area contributed by atoms with Crippen molar-refractivity contribution in [3.8, 4) is 22.8 Å². The number of hydrogen-bond acceptors (Lipinski definition) is 6. The maximum atomic E-state index is 14.0. The fraction of sp³-hybridized carbons (Fsp3) is 0.167. The lowest BCUT2D eigenvalue weighted by atomic mass is 10.1. The second-order valence-electron chi connectivity index (χ2n) is 5.72. The molecule has 0 aliphatic rings. The number of benzene rings is 1. The molecule has 9 heteroatoms. The van der Waals surface area contributed by atoms with E-state index in [1.165, 1.54) is 28.8 Å². The van der Waals surface area contributed by atoms with Crippen molar-refractivity contribution >= 4 is 17.9 Å². The third kappa shape index (κ3) is 4.08. The van der Waals surface area contributed by atoms with Crippen LogP contribution in [0.5, 0.6) is 11.5 Å². The highest BCUT2D eigenvalue weighted by molar-refractivity contribution is 7.99. The van der Waals surface area contributed by atoms with Gasteiger partial charge in [0.1, 0.15) is 11.5 Å². The molecule has 0 aliphatic heterocycles. The van der Waals surface area contributed by atoms with E-state index < -0.39 is 11.6 Å². The van der Waals surface area contributed by atoms with Crippen LogP contribution in [0.2, 0.25) is 0 Å². The Bertz CT molecular complexity index is 1030. The minimum Gasteiger partial charge on any atom is -0.450 e. The van der Waals surface area contributed by atoms with Crippen molar-refractivity contribution in [3.05, 3.63) is 64.2 Å². The molecule has 2 aromatic heterocycles. The highest BCUT2D eigenvalue weighted by atomic mass is 32.2. The Hall–Kier alpha value is -2.94. The summed E-state index contributed by atoms with van der Waals surface area (Å²) in [5.74, 6) is -1.21. The van der Waals surface area contributed by atoms with Crippen molar-refractivity contribution in [1.29, 1.82) is 0 Å². The molecule has 27 heavy (non-hydrogen) atoms. The third-order valence-electron chi connectivity index (χ3n) is 3.70. The maximum Gasteiger partial charge on any atom is 0.253 e. The molecule has 0 spiro atoms. The first-order valence-electron chi connectivity index (χ1n) is 7.85. The fourth-order valence-electron chi connectivity index (χ4n) is 2.48. The lowest BCUT2D eigenvalue weighted by Gasteiger charge is -2.13. The zero-order chi connectivity index (χ0) is 19.6. The number of aromatic nitrogens is 3. The minimum atomic E-state index is -0.844. The van der Waals surface area contributed by atoms with Gasteiger partial charge in [0.15, 0.2) is 17.3 Å². The third-order valence-corrected chi connectivity index (χ3v) is 4.08. The van der Waals surface area contributed by atoms with E-state index in [0.717, 1.165) is 12.1 Å². The number of nitrogens with one attached hydrogen (secondary N) is 1. The quantitative estimate of drug-likeness (QED) is 0.666. The second-order valence-corrected chi connectivity index (χ2v) is 6.33. The van der Waals surface area contributed by atoms with Gasteiger partial charge >= 0.3 is 0 Å². The maximum absolute atomic E-state index is 14.0. The first-order valence-corrected chi connectivity index (χ1v) is 9.08.